The van der Waals surface area contributed by atoms with E-state index >= 15 is 0 Å². The molecule has 128 valence electrons. The number of aryl methyl sites for hydroxylation is 1. The van der Waals surface area contributed by atoms with Gasteiger partial charge in [-0.15, -0.1) is 0 Å². The van der Waals surface area contributed by atoms with E-state index in [1.165, 1.54) is 0 Å². The summed E-state index contributed by atoms with van der Waals surface area (Å²) in [7, 11) is 0. The Balaban J connectivity index is 1.60. The largest absolute Gasteiger partial charge is 0.343 e. The molecule has 0 aliphatic heterocycles. The zero-order valence-corrected chi connectivity index (χ0v) is 14.8. The monoisotopic (exact) mass is 361 g/mol. The Hall–Kier alpha value is -3.26. The van der Waals surface area contributed by atoms with Gasteiger partial charge in [-0.05, 0) is 6.92 Å². The van der Waals surface area contributed by atoms with Crippen molar-refractivity contribution in [2.75, 3.05) is 0 Å². The first-order chi connectivity index (χ1) is 12.8. The Labute approximate surface area is 153 Å². The number of aromatic amines is 1. The van der Waals surface area contributed by atoms with Crippen molar-refractivity contribution < 1.29 is 0 Å². The van der Waals surface area contributed by atoms with E-state index in [1.54, 1.807) is 17.5 Å². The molecule has 26 heavy (non-hydrogen) atoms. The van der Waals surface area contributed by atoms with Crippen LogP contribution in [0.3, 0.4) is 0 Å². The second kappa shape index (κ2) is 5.92. The lowest BCUT2D eigenvalue weighted by molar-refractivity contribution is 0.780. The molecule has 7 nitrogen and oxygen atoms in total. The second-order valence-corrected chi connectivity index (χ2v) is 7.11. The molecule has 0 spiro atoms. The summed E-state index contributed by atoms with van der Waals surface area (Å²) in [6.07, 6.45) is 7.38. The molecule has 0 radical (unpaired) electrons. The van der Waals surface area contributed by atoms with Gasteiger partial charge in [0.2, 0.25) is 4.96 Å². The first-order valence-corrected chi connectivity index (χ1v) is 9.01. The minimum Gasteiger partial charge on any atom is -0.343 e. The van der Waals surface area contributed by atoms with E-state index in [-0.39, 0.29) is 0 Å². The number of H-pyrrole nitrogens is 1. The lowest BCUT2D eigenvalue weighted by Gasteiger charge is -2.07. The van der Waals surface area contributed by atoms with Crippen LogP contribution >= 0.6 is 11.3 Å². The van der Waals surface area contributed by atoms with Gasteiger partial charge in [0, 0.05) is 18.0 Å². The van der Waals surface area contributed by atoms with E-state index in [0.717, 1.165) is 38.4 Å². The summed E-state index contributed by atoms with van der Waals surface area (Å²) in [6.45, 7) is 2.58. The van der Waals surface area contributed by atoms with Gasteiger partial charge in [0.05, 0.1) is 30.5 Å². The molecular formula is C18H15N7S. The Morgan fingerprint density at radius 1 is 1.15 bits per heavy atom. The van der Waals surface area contributed by atoms with Crippen LogP contribution in [-0.4, -0.2) is 34.1 Å². The minimum atomic E-state index is 0.602. The first-order valence-electron chi connectivity index (χ1n) is 8.20. The molecule has 0 bridgehead atoms. The molecule has 0 saturated heterocycles. The molecule has 4 aromatic heterocycles. The van der Waals surface area contributed by atoms with Crippen molar-refractivity contribution >= 4 is 16.3 Å². The zero-order valence-electron chi connectivity index (χ0n) is 14.0. The number of imidazole rings is 3. The zero-order chi connectivity index (χ0) is 17.5. The molecule has 0 amide bonds. The Kier molecular flexibility index (Phi) is 3.42. The maximum atomic E-state index is 4.67. The summed E-state index contributed by atoms with van der Waals surface area (Å²) in [5.74, 6) is 0.788. The van der Waals surface area contributed by atoms with E-state index in [4.69, 9.17) is 0 Å². The van der Waals surface area contributed by atoms with E-state index in [1.807, 2.05) is 48.4 Å². The maximum Gasteiger partial charge on any atom is 0.212 e. The fourth-order valence-electron chi connectivity index (χ4n) is 3.05. The fraction of sp³-hybridized carbons (Fsp3) is 0.111. The molecule has 0 aliphatic rings. The van der Waals surface area contributed by atoms with E-state index < -0.39 is 0 Å². The molecule has 0 saturated carbocycles. The molecule has 0 unspecified atom stereocenters. The maximum absolute atomic E-state index is 4.67. The number of rotatable bonds is 4. The van der Waals surface area contributed by atoms with Crippen molar-refractivity contribution in [3.8, 4) is 22.8 Å². The molecule has 5 rings (SSSR count). The van der Waals surface area contributed by atoms with Gasteiger partial charge in [-0.3, -0.25) is 0 Å². The fourth-order valence-corrected chi connectivity index (χ4v) is 3.79. The number of benzene rings is 1. The minimum absolute atomic E-state index is 0.602. The third-order valence-corrected chi connectivity index (χ3v) is 4.97. The van der Waals surface area contributed by atoms with E-state index in [0.29, 0.717) is 6.54 Å². The van der Waals surface area contributed by atoms with Crippen LogP contribution in [0.1, 0.15) is 10.7 Å². The number of nitrogens with zero attached hydrogens (tertiary/aromatic N) is 6. The molecule has 0 aliphatic carbocycles. The highest BCUT2D eigenvalue weighted by Gasteiger charge is 2.18. The van der Waals surface area contributed by atoms with Crippen molar-refractivity contribution in [3.63, 3.8) is 0 Å². The number of fused-ring (bicyclic) bond motifs is 1. The molecule has 0 atom stereocenters. The third-order valence-electron chi connectivity index (χ3n) is 4.13. The summed E-state index contributed by atoms with van der Waals surface area (Å²) in [4.78, 5) is 17.9. The molecular weight excluding hydrogens is 346 g/mol. The molecule has 1 aromatic carbocycles. The van der Waals surface area contributed by atoms with Gasteiger partial charge in [0.25, 0.3) is 0 Å². The summed E-state index contributed by atoms with van der Waals surface area (Å²) in [6, 6.07) is 10.1. The summed E-state index contributed by atoms with van der Waals surface area (Å²) >= 11 is 1.58. The van der Waals surface area contributed by atoms with Gasteiger partial charge >= 0.3 is 0 Å². The molecule has 4 heterocycles. The lowest BCUT2D eigenvalue weighted by Crippen LogP contribution is -2.02. The number of hydrogen-bond acceptors (Lipinski definition) is 5. The normalized spacial score (nSPS) is 11.4. The van der Waals surface area contributed by atoms with Gasteiger partial charge in [0.15, 0.2) is 5.82 Å². The second-order valence-electron chi connectivity index (χ2n) is 5.95. The van der Waals surface area contributed by atoms with Crippen molar-refractivity contribution in [1.29, 1.82) is 0 Å². The highest BCUT2D eigenvalue weighted by molar-refractivity contribution is 7.16. The highest BCUT2D eigenvalue weighted by Crippen LogP contribution is 2.29. The topological polar surface area (TPSA) is 76.7 Å². The molecule has 1 N–H and O–H groups in total. The van der Waals surface area contributed by atoms with Crippen LogP contribution in [0.2, 0.25) is 0 Å². The number of nitrogens with one attached hydrogen (secondary N) is 1. The first kappa shape index (κ1) is 15.0. The van der Waals surface area contributed by atoms with Gasteiger partial charge in [-0.25, -0.2) is 19.5 Å². The molecule has 8 heteroatoms. The summed E-state index contributed by atoms with van der Waals surface area (Å²) < 4.78 is 3.90. The van der Waals surface area contributed by atoms with E-state index in [2.05, 4.69) is 41.7 Å². The van der Waals surface area contributed by atoms with Crippen molar-refractivity contribution in [3.05, 3.63) is 66.0 Å². The quantitative estimate of drug-likeness (QED) is 0.532. The van der Waals surface area contributed by atoms with Gasteiger partial charge < -0.3 is 9.55 Å². The van der Waals surface area contributed by atoms with Crippen LogP contribution in [0.25, 0.3) is 27.7 Å². The smallest absolute Gasteiger partial charge is 0.212 e. The van der Waals surface area contributed by atoms with Gasteiger partial charge in [-0.2, -0.15) is 5.10 Å². The Morgan fingerprint density at radius 3 is 2.81 bits per heavy atom. The third kappa shape index (κ3) is 2.51. The standard InChI is InChI=1S/C18H15N7S/c1-12-23-25-10-14(22-18(25)26-12)9-24-11-21-15(13-5-3-2-4-6-13)16(24)17-19-7-8-20-17/h2-8,10-11H,9H2,1H3,(H,19,20). The van der Waals surface area contributed by atoms with Gasteiger partial charge in [0.1, 0.15) is 10.7 Å². The average Bonchev–Trinajstić information content (AvgIpc) is 3.39. The van der Waals surface area contributed by atoms with Gasteiger partial charge in [-0.1, -0.05) is 41.7 Å². The predicted octanol–water partition coefficient (Wildman–Crippen LogP) is 3.40. The van der Waals surface area contributed by atoms with Crippen molar-refractivity contribution in [1.82, 2.24) is 34.1 Å². The number of hydrogen-bond donors (Lipinski definition) is 1. The van der Waals surface area contributed by atoms with Crippen LogP contribution < -0.4 is 0 Å². The summed E-state index contributed by atoms with van der Waals surface area (Å²) in [5.41, 5.74) is 3.84. The van der Waals surface area contributed by atoms with Crippen LogP contribution in [-0.2, 0) is 6.54 Å². The van der Waals surface area contributed by atoms with E-state index in [9.17, 15) is 0 Å². The Morgan fingerprint density at radius 2 is 2.04 bits per heavy atom. The summed E-state index contributed by atoms with van der Waals surface area (Å²) in [5, 5.41) is 5.43. The van der Waals surface area contributed by atoms with Crippen LogP contribution in [0, 0.1) is 6.92 Å². The van der Waals surface area contributed by atoms with Crippen LogP contribution in [0.5, 0.6) is 0 Å². The predicted molar refractivity (Wildman–Crippen MR) is 99.9 cm³/mol. The lowest BCUT2D eigenvalue weighted by atomic mass is 10.1. The Bertz CT molecular complexity index is 1130. The number of aromatic nitrogens is 7. The van der Waals surface area contributed by atoms with Crippen LogP contribution in [0.15, 0.2) is 55.2 Å². The molecule has 5 aromatic rings. The highest BCUT2D eigenvalue weighted by atomic mass is 32.1. The SMILES string of the molecule is Cc1nn2cc(Cn3cnc(-c4ccccc4)c3-c3ncc[nH]3)nc2s1. The van der Waals surface area contributed by atoms with Crippen molar-refractivity contribution in [2.24, 2.45) is 0 Å². The average molecular weight is 361 g/mol. The van der Waals surface area contributed by atoms with Crippen LogP contribution in [0.4, 0.5) is 0 Å². The van der Waals surface area contributed by atoms with Crippen molar-refractivity contribution in [2.45, 2.75) is 13.5 Å². The molecule has 0 fully saturated rings.